The first kappa shape index (κ1) is 14.6. The molecule has 5 heteroatoms. The van der Waals surface area contributed by atoms with Gasteiger partial charge in [-0.25, -0.2) is 4.79 Å². The van der Waals surface area contributed by atoms with E-state index in [1.54, 1.807) is 34.6 Å². The lowest BCUT2D eigenvalue weighted by molar-refractivity contribution is -0.146. The number of carbonyl (C=O) groups excluding carboxylic acids is 1. The van der Waals surface area contributed by atoms with E-state index in [-0.39, 0.29) is 6.42 Å². The summed E-state index contributed by atoms with van der Waals surface area (Å²) in [5, 5.41) is 8.82. The second-order valence-electron chi connectivity index (χ2n) is 5.19. The minimum Gasteiger partial charge on any atom is -0.481 e. The van der Waals surface area contributed by atoms with Crippen LogP contribution in [0.2, 0.25) is 0 Å². The Kier molecular flexibility index (Phi) is 4.65. The number of rotatable bonds is 3. The molecule has 0 radical (unpaired) electrons. The van der Waals surface area contributed by atoms with Gasteiger partial charge in [0, 0.05) is 6.21 Å². The van der Waals surface area contributed by atoms with E-state index >= 15 is 0 Å². The van der Waals surface area contributed by atoms with Crippen molar-refractivity contribution in [2.45, 2.75) is 46.6 Å². The average Bonchev–Trinajstić information content (AvgIpc) is 1.99. The molecule has 5 nitrogen and oxygen atoms in total. The third-order valence-electron chi connectivity index (χ3n) is 1.77. The van der Waals surface area contributed by atoms with Crippen molar-refractivity contribution in [2.75, 3.05) is 0 Å². The molecular formula is C11H19NO4. The molecule has 0 aromatic carbocycles. The summed E-state index contributed by atoms with van der Waals surface area (Å²) >= 11 is 0. The van der Waals surface area contributed by atoms with Crippen LogP contribution in [0, 0.1) is 5.41 Å². The average molecular weight is 229 g/mol. The smallest absolute Gasteiger partial charge is 0.433 e. The van der Waals surface area contributed by atoms with Crippen LogP contribution in [0.4, 0.5) is 4.79 Å². The largest absolute Gasteiger partial charge is 0.481 e. The molecule has 0 unspecified atom stereocenters. The third-order valence-corrected chi connectivity index (χ3v) is 1.77. The molecule has 0 spiro atoms. The Morgan fingerprint density at radius 2 is 1.75 bits per heavy atom. The first-order valence-electron chi connectivity index (χ1n) is 5.03. The number of carbonyl (C=O) groups is 2. The number of carboxylic acids is 1. The fraction of sp³-hybridized carbons (Fsp3) is 0.727. The molecule has 0 aromatic heterocycles. The summed E-state index contributed by atoms with van der Waals surface area (Å²) in [4.78, 5) is 25.4. The molecule has 0 aliphatic carbocycles. The van der Waals surface area contributed by atoms with E-state index in [4.69, 9.17) is 9.84 Å². The molecule has 0 saturated heterocycles. The van der Waals surface area contributed by atoms with Gasteiger partial charge in [0.25, 0.3) is 0 Å². The standard InChI is InChI=1S/C11H19NO4/c1-10(2,3)16-9(15)12-7-6-11(4,5)8(13)14/h7H,6H2,1-5H3,(H,13,14)/b12-7-. The minimum atomic E-state index is -0.928. The summed E-state index contributed by atoms with van der Waals surface area (Å²) < 4.78 is 4.93. The highest BCUT2D eigenvalue weighted by Gasteiger charge is 2.25. The van der Waals surface area contributed by atoms with Gasteiger partial charge in [-0.2, -0.15) is 4.99 Å². The minimum absolute atomic E-state index is 0.182. The summed E-state index contributed by atoms with van der Waals surface area (Å²) in [6, 6.07) is 0. The van der Waals surface area contributed by atoms with Crippen molar-refractivity contribution >= 4 is 18.3 Å². The molecule has 0 aromatic rings. The van der Waals surface area contributed by atoms with Gasteiger partial charge in [0.2, 0.25) is 0 Å². The van der Waals surface area contributed by atoms with Gasteiger partial charge >= 0.3 is 12.1 Å². The van der Waals surface area contributed by atoms with Crippen LogP contribution in [0.5, 0.6) is 0 Å². The monoisotopic (exact) mass is 229 g/mol. The summed E-state index contributed by atoms with van der Waals surface area (Å²) in [7, 11) is 0. The second-order valence-corrected chi connectivity index (χ2v) is 5.19. The van der Waals surface area contributed by atoms with Gasteiger partial charge < -0.3 is 9.84 Å². The van der Waals surface area contributed by atoms with Crippen molar-refractivity contribution in [3.05, 3.63) is 0 Å². The first-order valence-corrected chi connectivity index (χ1v) is 5.03. The van der Waals surface area contributed by atoms with Gasteiger partial charge in [-0.05, 0) is 41.0 Å². The third kappa shape index (κ3) is 6.16. The van der Waals surface area contributed by atoms with Crippen LogP contribution in [-0.2, 0) is 9.53 Å². The Morgan fingerprint density at radius 1 is 1.25 bits per heavy atom. The van der Waals surface area contributed by atoms with Crippen molar-refractivity contribution in [3.63, 3.8) is 0 Å². The number of nitrogens with zero attached hydrogens (tertiary/aromatic N) is 1. The zero-order valence-electron chi connectivity index (χ0n) is 10.4. The Labute approximate surface area is 95.5 Å². The molecule has 0 heterocycles. The molecule has 0 bridgehead atoms. The van der Waals surface area contributed by atoms with Gasteiger partial charge in [0.1, 0.15) is 5.60 Å². The molecule has 0 fully saturated rings. The second kappa shape index (κ2) is 5.09. The molecule has 0 saturated carbocycles. The first-order chi connectivity index (χ1) is 7.04. The van der Waals surface area contributed by atoms with Crippen LogP contribution in [-0.4, -0.2) is 29.0 Å². The van der Waals surface area contributed by atoms with Crippen LogP contribution in [0.25, 0.3) is 0 Å². The summed E-state index contributed by atoms with van der Waals surface area (Å²) in [5.41, 5.74) is -1.51. The Bertz CT molecular complexity index is 300. The number of hydrogen-bond donors (Lipinski definition) is 1. The topological polar surface area (TPSA) is 76.0 Å². The maximum Gasteiger partial charge on any atom is 0.433 e. The number of hydrogen-bond acceptors (Lipinski definition) is 3. The Balaban J connectivity index is 4.22. The van der Waals surface area contributed by atoms with Crippen LogP contribution >= 0.6 is 0 Å². The predicted molar refractivity (Wildman–Crippen MR) is 60.8 cm³/mol. The fourth-order valence-corrected chi connectivity index (χ4v) is 0.724. The van der Waals surface area contributed by atoms with Crippen LogP contribution < -0.4 is 0 Å². The molecule has 1 amide bonds. The van der Waals surface area contributed by atoms with E-state index in [0.29, 0.717) is 0 Å². The van der Waals surface area contributed by atoms with E-state index in [1.807, 2.05) is 0 Å². The van der Waals surface area contributed by atoms with Crippen molar-refractivity contribution < 1.29 is 19.4 Å². The number of aliphatic carboxylic acids is 1. The summed E-state index contributed by atoms with van der Waals surface area (Å²) in [5.74, 6) is -0.928. The SMILES string of the molecule is CC(C)(C)OC(=O)/N=C\CC(C)(C)C(=O)O. The lowest BCUT2D eigenvalue weighted by Crippen LogP contribution is -2.24. The van der Waals surface area contributed by atoms with Crippen molar-refractivity contribution in [1.29, 1.82) is 0 Å². The Morgan fingerprint density at radius 3 is 2.12 bits per heavy atom. The van der Waals surface area contributed by atoms with E-state index in [0.717, 1.165) is 0 Å². The van der Waals surface area contributed by atoms with Crippen molar-refractivity contribution in [1.82, 2.24) is 0 Å². The van der Waals surface area contributed by atoms with Crippen molar-refractivity contribution in [3.8, 4) is 0 Å². The van der Waals surface area contributed by atoms with E-state index in [9.17, 15) is 9.59 Å². The van der Waals surface area contributed by atoms with Crippen LogP contribution in [0.3, 0.4) is 0 Å². The van der Waals surface area contributed by atoms with Gasteiger partial charge in [-0.1, -0.05) is 0 Å². The molecule has 0 aliphatic heterocycles. The van der Waals surface area contributed by atoms with Gasteiger partial charge in [0.15, 0.2) is 0 Å². The predicted octanol–water partition coefficient (Wildman–Crippen LogP) is 2.49. The van der Waals surface area contributed by atoms with E-state index < -0.39 is 23.1 Å². The van der Waals surface area contributed by atoms with E-state index in [1.165, 1.54) is 6.21 Å². The van der Waals surface area contributed by atoms with Crippen LogP contribution in [0.1, 0.15) is 41.0 Å². The highest BCUT2D eigenvalue weighted by molar-refractivity contribution is 5.83. The molecule has 16 heavy (non-hydrogen) atoms. The van der Waals surface area contributed by atoms with E-state index in [2.05, 4.69) is 4.99 Å². The molecule has 0 aliphatic rings. The summed E-state index contributed by atoms with van der Waals surface area (Å²) in [6.07, 6.45) is 0.762. The normalized spacial score (nSPS) is 12.8. The molecular weight excluding hydrogens is 210 g/mol. The maximum atomic E-state index is 11.1. The molecule has 1 N–H and O–H groups in total. The lowest BCUT2D eigenvalue weighted by atomic mass is 9.90. The highest BCUT2D eigenvalue weighted by atomic mass is 16.6. The molecule has 92 valence electrons. The van der Waals surface area contributed by atoms with Gasteiger partial charge in [-0.15, -0.1) is 0 Å². The number of ether oxygens (including phenoxy) is 1. The van der Waals surface area contributed by atoms with Gasteiger partial charge in [0.05, 0.1) is 5.41 Å². The zero-order chi connectivity index (χ0) is 13.0. The van der Waals surface area contributed by atoms with Gasteiger partial charge in [-0.3, -0.25) is 4.79 Å². The quantitative estimate of drug-likeness (QED) is 0.754. The molecule has 0 atom stereocenters. The van der Waals surface area contributed by atoms with Crippen LogP contribution in [0.15, 0.2) is 4.99 Å². The zero-order valence-corrected chi connectivity index (χ0v) is 10.4. The summed E-state index contributed by atoms with van der Waals surface area (Å²) in [6.45, 7) is 8.34. The van der Waals surface area contributed by atoms with Crippen molar-refractivity contribution in [2.24, 2.45) is 10.4 Å². The number of amides is 1. The number of carboxylic acid groups (broad SMARTS) is 1. The lowest BCUT2D eigenvalue weighted by Gasteiger charge is -2.18. The number of aliphatic imine (C=N–C) groups is 1. The maximum absolute atomic E-state index is 11.1. The molecule has 0 rings (SSSR count). The Hall–Kier alpha value is -1.39. The highest BCUT2D eigenvalue weighted by Crippen LogP contribution is 2.18. The fourth-order valence-electron chi connectivity index (χ4n) is 0.724.